The maximum absolute atomic E-state index is 5.63. The predicted octanol–water partition coefficient (Wildman–Crippen LogP) is 4.47. The van der Waals surface area contributed by atoms with E-state index in [1.807, 2.05) is 55.6 Å². The summed E-state index contributed by atoms with van der Waals surface area (Å²) in [4.78, 5) is 4.29. The summed E-state index contributed by atoms with van der Waals surface area (Å²) in [5.41, 5.74) is 5.97. The Bertz CT molecular complexity index is 773. The molecule has 3 aromatic rings. The number of hydrazone groups is 1. The highest BCUT2D eigenvalue weighted by Crippen LogP contribution is 2.22. The summed E-state index contributed by atoms with van der Waals surface area (Å²) < 4.78 is 5.63. The van der Waals surface area contributed by atoms with Gasteiger partial charge in [0.05, 0.1) is 11.9 Å². The molecule has 1 aromatic carbocycles. The van der Waals surface area contributed by atoms with Crippen LogP contribution in [0.25, 0.3) is 11.3 Å². The lowest BCUT2D eigenvalue weighted by atomic mass is 10.1. The minimum atomic E-state index is 0.793. The van der Waals surface area contributed by atoms with Gasteiger partial charge in [0.1, 0.15) is 11.5 Å². The maximum Gasteiger partial charge on any atom is 0.203 e. The molecule has 2 heterocycles. The van der Waals surface area contributed by atoms with Gasteiger partial charge in [-0.25, -0.2) is 4.98 Å². The van der Waals surface area contributed by atoms with Crippen LogP contribution in [0.2, 0.25) is 0 Å². The maximum atomic E-state index is 5.63. The lowest BCUT2D eigenvalue weighted by molar-refractivity contribution is 0.548. The molecule has 21 heavy (non-hydrogen) atoms. The van der Waals surface area contributed by atoms with E-state index in [0.29, 0.717) is 0 Å². The minimum absolute atomic E-state index is 0.793. The highest BCUT2D eigenvalue weighted by molar-refractivity contribution is 7.13. The zero-order valence-corrected chi connectivity index (χ0v) is 12.6. The third-order valence-corrected chi connectivity index (χ3v) is 3.77. The van der Waals surface area contributed by atoms with Crippen LogP contribution in [0, 0.1) is 13.8 Å². The molecule has 5 heteroatoms. The molecule has 0 aliphatic rings. The van der Waals surface area contributed by atoms with Crippen molar-refractivity contribution in [2.75, 3.05) is 5.43 Å². The summed E-state index contributed by atoms with van der Waals surface area (Å²) in [6.45, 7) is 3.90. The van der Waals surface area contributed by atoms with Gasteiger partial charge < -0.3 is 4.42 Å². The standard InChI is InChI=1S/C16H15N3OS/c1-11-10-21-16(18-11)19-17-9-13-4-3-5-14(8-13)15-7-6-12(2)20-15/h3-10H,1-2H3,(H,18,19). The van der Waals surface area contributed by atoms with Crippen molar-refractivity contribution < 1.29 is 4.42 Å². The molecular formula is C16H15N3OS. The largest absolute Gasteiger partial charge is 0.461 e. The fourth-order valence-electron chi connectivity index (χ4n) is 1.93. The van der Waals surface area contributed by atoms with E-state index in [0.717, 1.165) is 33.5 Å². The lowest BCUT2D eigenvalue weighted by Gasteiger charge is -1.99. The Morgan fingerprint density at radius 1 is 1.24 bits per heavy atom. The summed E-state index contributed by atoms with van der Waals surface area (Å²) in [7, 11) is 0. The van der Waals surface area contributed by atoms with E-state index in [-0.39, 0.29) is 0 Å². The van der Waals surface area contributed by atoms with Crippen LogP contribution >= 0.6 is 11.3 Å². The second kappa shape index (κ2) is 5.93. The molecule has 0 radical (unpaired) electrons. The Morgan fingerprint density at radius 2 is 2.14 bits per heavy atom. The van der Waals surface area contributed by atoms with Gasteiger partial charge in [0.25, 0.3) is 0 Å². The van der Waals surface area contributed by atoms with Gasteiger partial charge >= 0.3 is 0 Å². The first-order valence-electron chi connectivity index (χ1n) is 6.59. The molecular weight excluding hydrogens is 282 g/mol. The molecule has 0 aliphatic carbocycles. The quantitative estimate of drug-likeness (QED) is 0.571. The molecule has 0 unspecified atom stereocenters. The van der Waals surface area contributed by atoms with Gasteiger partial charge in [-0.15, -0.1) is 11.3 Å². The van der Waals surface area contributed by atoms with Crippen LogP contribution in [-0.4, -0.2) is 11.2 Å². The molecule has 1 N–H and O–H groups in total. The second-order valence-corrected chi connectivity index (χ2v) is 5.56. The van der Waals surface area contributed by atoms with Gasteiger partial charge in [0.2, 0.25) is 5.13 Å². The summed E-state index contributed by atoms with van der Waals surface area (Å²) in [5.74, 6) is 1.77. The van der Waals surface area contributed by atoms with Gasteiger partial charge in [-0.2, -0.15) is 5.10 Å². The molecule has 0 aliphatic heterocycles. The summed E-state index contributed by atoms with van der Waals surface area (Å²) in [6.07, 6.45) is 1.77. The van der Waals surface area contributed by atoms with Crippen molar-refractivity contribution in [2.24, 2.45) is 5.10 Å². The molecule has 2 aromatic heterocycles. The number of benzene rings is 1. The molecule has 0 atom stereocenters. The Morgan fingerprint density at radius 3 is 2.86 bits per heavy atom. The molecule has 0 saturated carbocycles. The highest BCUT2D eigenvalue weighted by Gasteiger charge is 2.02. The zero-order valence-electron chi connectivity index (χ0n) is 11.8. The first kappa shape index (κ1) is 13.6. The van der Waals surface area contributed by atoms with Crippen LogP contribution < -0.4 is 5.43 Å². The Kier molecular flexibility index (Phi) is 3.83. The Balaban J connectivity index is 1.74. The van der Waals surface area contributed by atoms with Crippen molar-refractivity contribution in [1.29, 1.82) is 0 Å². The molecule has 0 fully saturated rings. The normalized spacial score (nSPS) is 11.1. The number of hydrogen-bond donors (Lipinski definition) is 1. The molecule has 0 bridgehead atoms. The minimum Gasteiger partial charge on any atom is -0.461 e. The number of rotatable bonds is 4. The first-order chi connectivity index (χ1) is 10.2. The number of hydrogen-bond acceptors (Lipinski definition) is 5. The van der Waals surface area contributed by atoms with Crippen LogP contribution in [0.1, 0.15) is 17.0 Å². The predicted molar refractivity (Wildman–Crippen MR) is 86.9 cm³/mol. The van der Waals surface area contributed by atoms with Crippen LogP contribution in [0.3, 0.4) is 0 Å². The van der Waals surface area contributed by atoms with Gasteiger partial charge in [-0.05, 0) is 37.6 Å². The average Bonchev–Trinajstić information content (AvgIpc) is 3.08. The van der Waals surface area contributed by atoms with Gasteiger partial charge in [0, 0.05) is 10.9 Å². The van der Waals surface area contributed by atoms with E-state index in [9.17, 15) is 0 Å². The highest BCUT2D eigenvalue weighted by atomic mass is 32.1. The Hall–Kier alpha value is -2.40. The zero-order chi connectivity index (χ0) is 14.7. The number of nitrogens with one attached hydrogen (secondary N) is 1. The molecule has 0 spiro atoms. The second-order valence-electron chi connectivity index (χ2n) is 4.70. The van der Waals surface area contributed by atoms with Gasteiger partial charge in [-0.1, -0.05) is 18.2 Å². The van der Waals surface area contributed by atoms with Crippen molar-refractivity contribution in [2.45, 2.75) is 13.8 Å². The van der Waals surface area contributed by atoms with E-state index < -0.39 is 0 Å². The van der Waals surface area contributed by atoms with E-state index in [2.05, 4.69) is 15.5 Å². The van der Waals surface area contributed by atoms with Gasteiger partial charge in [-0.3, -0.25) is 5.43 Å². The average molecular weight is 297 g/mol. The molecule has 3 rings (SSSR count). The number of thiazole rings is 1. The molecule has 0 saturated heterocycles. The first-order valence-corrected chi connectivity index (χ1v) is 7.47. The third-order valence-electron chi connectivity index (χ3n) is 2.90. The fourth-order valence-corrected chi connectivity index (χ4v) is 2.57. The lowest BCUT2D eigenvalue weighted by Crippen LogP contribution is -1.90. The molecule has 106 valence electrons. The smallest absolute Gasteiger partial charge is 0.203 e. The van der Waals surface area contributed by atoms with Crippen LogP contribution in [0.4, 0.5) is 5.13 Å². The third kappa shape index (κ3) is 3.38. The van der Waals surface area contributed by atoms with Crippen molar-refractivity contribution >= 4 is 22.7 Å². The number of aromatic nitrogens is 1. The number of furan rings is 1. The van der Waals surface area contributed by atoms with Crippen molar-refractivity contribution in [3.63, 3.8) is 0 Å². The fraction of sp³-hybridized carbons (Fsp3) is 0.125. The summed E-state index contributed by atoms with van der Waals surface area (Å²) in [6, 6.07) is 12.0. The summed E-state index contributed by atoms with van der Waals surface area (Å²) in [5, 5.41) is 6.98. The van der Waals surface area contributed by atoms with Crippen molar-refractivity contribution in [1.82, 2.24) is 4.98 Å². The van der Waals surface area contributed by atoms with E-state index in [1.54, 1.807) is 6.21 Å². The number of nitrogens with zero attached hydrogens (tertiary/aromatic N) is 2. The van der Waals surface area contributed by atoms with Gasteiger partial charge in [0.15, 0.2) is 0 Å². The molecule has 4 nitrogen and oxygen atoms in total. The summed E-state index contributed by atoms with van der Waals surface area (Å²) >= 11 is 1.54. The number of aryl methyl sites for hydroxylation is 2. The van der Waals surface area contributed by atoms with E-state index >= 15 is 0 Å². The SMILES string of the molecule is Cc1csc(NN=Cc2cccc(-c3ccc(C)o3)c2)n1. The number of anilines is 1. The van der Waals surface area contributed by atoms with Crippen LogP contribution in [0.15, 0.2) is 51.3 Å². The van der Waals surface area contributed by atoms with Crippen LogP contribution in [0.5, 0.6) is 0 Å². The van der Waals surface area contributed by atoms with Crippen molar-refractivity contribution in [3.05, 3.63) is 58.8 Å². The van der Waals surface area contributed by atoms with E-state index in [4.69, 9.17) is 4.42 Å². The monoisotopic (exact) mass is 297 g/mol. The topological polar surface area (TPSA) is 50.4 Å². The van der Waals surface area contributed by atoms with E-state index in [1.165, 1.54) is 11.3 Å². The van der Waals surface area contributed by atoms with Crippen LogP contribution in [-0.2, 0) is 0 Å². The Labute approximate surface area is 127 Å². The van der Waals surface area contributed by atoms with Crippen molar-refractivity contribution in [3.8, 4) is 11.3 Å². The molecule has 0 amide bonds.